The van der Waals surface area contributed by atoms with Crippen molar-refractivity contribution in [2.45, 2.75) is 26.7 Å². The van der Waals surface area contributed by atoms with Gasteiger partial charge < -0.3 is 4.74 Å². The second-order valence-electron chi connectivity index (χ2n) is 3.70. The summed E-state index contributed by atoms with van der Waals surface area (Å²) in [5.74, 6) is -0.110. The van der Waals surface area contributed by atoms with Crippen LogP contribution in [0.5, 0.6) is 5.75 Å². The van der Waals surface area contributed by atoms with Crippen LogP contribution in [-0.4, -0.2) is 18.4 Å². The standard InChI is InChI=1S/C13H18N2O3/c1-3-9-18-11-8-6-5-7-10(11)13(17)15-14-12(16)4-2/h5-8H,3-4,9H2,1-2H3,(H,14,16)(H,15,17). The van der Waals surface area contributed by atoms with Crippen LogP contribution in [0.1, 0.15) is 37.0 Å². The van der Waals surface area contributed by atoms with E-state index in [1.54, 1.807) is 31.2 Å². The lowest BCUT2D eigenvalue weighted by Gasteiger charge is -2.11. The molecule has 0 heterocycles. The van der Waals surface area contributed by atoms with Crippen molar-refractivity contribution in [3.05, 3.63) is 29.8 Å². The van der Waals surface area contributed by atoms with E-state index in [4.69, 9.17) is 4.74 Å². The molecule has 0 radical (unpaired) electrons. The van der Waals surface area contributed by atoms with Crippen LogP contribution >= 0.6 is 0 Å². The molecular weight excluding hydrogens is 232 g/mol. The molecule has 18 heavy (non-hydrogen) atoms. The molecule has 0 aliphatic rings. The summed E-state index contributed by atoms with van der Waals surface area (Å²) in [5, 5.41) is 0. The van der Waals surface area contributed by atoms with Crippen molar-refractivity contribution in [1.82, 2.24) is 10.9 Å². The van der Waals surface area contributed by atoms with Crippen molar-refractivity contribution in [1.29, 1.82) is 0 Å². The van der Waals surface area contributed by atoms with Crippen LogP contribution in [0.2, 0.25) is 0 Å². The van der Waals surface area contributed by atoms with Gasteiger partial charge in [-0.1, -0.05) is 26.0 Å². The molecule has 0 atom stereocenters. The van der Waals surface area contributed by atoms with Gasteiger partial charge in [-0.2, -0.15) is 0 Å². The number of hydrogen-bond acceptors (Lipinski definition) is 3. The summed E-state index contributed by atoms with van der Waals surface area (Å²) in [5.41, 5.74) is 5.07. The quantitative estimate of drug-likeness (QED) is 0.781. The summed E-state index contributed by atoms with van der Waals surface area (Å²) in [6, 6.07) is 6.92. The highest BCUT2D eigenvalue weighted by Crippen LogP contribution is 2.17. The molecule has 0 saturated heterocycles. The van der Waals surface area contributed by atoms with Crippen molar-refractivity contribution in [2.24, 2.45) is 0 Å². The number of hydrazine groups is 1. The third-order valence-corrected chi connectivity index (χ3v) is 2.23. The molecule has 0 fully saturated rings. The molecule has 0 bridgehead atoms. The lowest BCUT2D eigenvalue weighted by atomic mass is 10.2. The van der Waals surface area contributed by atoms with Crippen LogP contribution in [0.3, 0.4) is 0 Å². The molecule has 2 amide bonds. The van der Waals surface area contributed by atoms with Gasteiger partial charge in [0.25, 0.3) is 5.91 Å². The van der Waals surface area contributed by atoms with Gasteiger partial charge in [-0.05, 0) is 18.6 Å². The second-order valence-corrected chi connectivity index (χ2v) is 3.70. The molecule has 0 aromatic heterocycles. The molecule has 0 spiro atoms. The number of carbonyl (C=O) groups excluding carboxylic acids is 2. The Morgan fingerprint density at radius 1 is 1.17 bits per heavy atom. The van der Waals surface area contributed by atoms with E-state index in [9.17, 15) is 9.59 Å². The fraction of sp³-hybridized carbons (Fsp3) is 0.385. The normalized spacial score (nSPS) is 9.67. The zero-order valence-corrected chi connectivity index (χ0v) is 10.7. The van der Waals surface area contributed by atoms with E-state index in [-0.39, 0.29) is 11.8 Å². The first-order chi connectivity index (χ1) is 8.69. The number of benzene rings is 1. The zero-order valence-electron chi connectivity index (χ0n) is 10.7. The second kappa shape index (κ2) is 7.32. The monoisotopic (exact) mass is 250 g/mol. The van der Waals surface area contributed by atoms with E-state index in [0.29, 0.717) is 24.3 Å². The minimum Gasteiger partial charge on any atom is -0.493 e. The molecule has 0 saturated carbocycles. The number of carbonyl (C=O) groups is 2. The number of nitrogens with one attached hydrogen (secondary N) is 2. The third-order valence-electron chi connectivity index (χ3n) is 2.23. The van der Waals surface area contributed by atoms with E-state index in [1.807, 2.05) is 6.92 Å². The highest BCUT2D eigenvalue weighted by atomic mass is 16.5. The molecule has 0 aliphatic carbocycles. The zero-order chi connectivity index (χ0) is 13.4. The van der Waals surface area contributed by atoms with Gasteiger partial charge in [-0.15, -0.1) is 0 Å². The molecule has 2 N–H and O–H groups in total. The maximum atomic E-state index is 11.8. The molecule has 1 aromatic carbocycles. The van der Waals surface area contributed by atoms with E-state index < -0.39 is 0 Å². The summed E-state index contributed by atoms with van der Waals surface area (Å²) in [7, 11) is 0. The summed E-state index contributed by atoms with van der Waals surface area (Å²) in [6.07, 6.45) is 1.18. The van der Waals surface area contributed by atoms with Gasteiger partial charge in [0, 0.05) is 6.42 Å². The Kier molecular flexibility index (Phi) is 5.70. The predicted octanol–water partition coefficient (Wildman–Crippen LogP) is 1.65. The van der Waals surface area contributed by atoms with E-state index in [0.717, 1.165) is 6.42 Å². The van der Waals surface area contributed by atoms with Crippen LogP contribution in [0.25, 0.3) is 0 Å². The first-order valence-electron chi connectivity index (χ1n) is 6.00. The fourth-order valence-electron chi connectivity index (χ4n) is 1.27. The average Bonchev–Trinajstić information content (AvgIpc) is 2.42. The Morgan fingerprint density at radius 3 is 2.56 bits per heavy atom. The lowest BCUT2D eigenvalue weighted by molar-refractivity contribution is -0.121. The van der Waals surface area contributed by atoms with Crippen molar-refractivity contribution >= 4 is 11.8 Å². The van der Waals surface area contributed by atoms with E-state index in [1.165, 1.54) is 0 Å². The number of amides is 2. The molecular formula is C13H18N2O3. The van der Waals surface area contributed by atoms with Crippen LogP contribution in [0.4, 0.5) is 0 Å². The molecule has 5 heteroatoms. The maximum Gasteiger partial charge on any atom is 0.273 e. The smallest absolute Gasteiger partial charge is 0.273 e. The minimum atomic E-state index is -0.386. The molecule has 0 unspecified atom stereocenters. The number of ether oxygens (including phenoxy) is 1. The van der Waals surface area contributed by atoms with Gasteiger partial charge in [0.15, 0.2) is 0 Å². The molecule has 5 nitrogen and oxygen atoms in total. The first-order valence-corrected chi connectivity index (χ1v) is 6.00. The molecule has 1 aromatic rings. The van der Waals surface area contributed by atoms with Crippen LogP contribution in [0.15, 0.2) is 24.3 Å². The summed E-state index contributed by atoms with van der Waals surface area (Å²) in [6.45, 7) is 4.25. The minimum absolute atomic E-state index is 0.240. The Balaban J connectivity index is 2.69. The fourth-order valence-corrected chi connectivity index (χ4v) is 1.27. The number of para-hydroxylation sites is 1. The lowest BCUT2D eigenvalue weighted by Crippen LogP contribution is -2.41. The highest BCUT2D eigenvalue weighted by Gasteiger charge is 2.12. The van der Waals surface area contributed by atoms with Gasteiger partial charge in [0.2, 0.25) is 5.91 Å². The molecule has 0 aliphatic heterocycles. The van der Waals surface area contributed by atoms with Crippen molar-refractivity contribution in [3.8, 4) is 5.75 Å². The van der Waals surface area contributed by atoms with Gasteiger partial charge in [0.05, 0.1) is 12.2 Å². The van der Waals surface area contributed by atoms with E-state index >= 15 is 0 Å². The Hall–Kier alpha value is -2.04. The largest absolute Gasteiger partial charge is 0.493 e. The van der Waals surface area contributed by atoms with Crippen LogP contribution in [0, 0.1) is 0 Å². The summed E-state index contributed by atoms with van der Waals surface area (Å²) >= 11 is 0. The first kappa shape index (κ1) is 14.0. The number of rotatable bonds is 5. The SMILES string of the molecule is CCCOc1ccccc1C(=O)NNC(=O)CC. The van der Waals surface area contributed by atoms with Crippen molar-refractivity contribution in [3.63, 3.8) is 0 Å². The Labute approximate surface area is 106 Å². The van der Waals surface area contributed by atoms with Gasteiger partial charge in [-0.25, -0.2) is 0 Å². The van der Waals surface area contributed by atoms with Crippen molar-refractivity contribution < 1.29 is 14.3 Å². The van der Waals surface area contributed by atoms with E-state index in [2.05, 4.69) is 10.9 Å². The van der Waals surface area contributed by atoms with Gasteiger partial charge >= 0.3 is 0 Å². The third kappa shape index (κ3) is 4.08. The summed E-state index contributed by atoms with van der Waals surface area (Å²) < 4.78 is 5.47. The van der Waals surface area contributed by atoms with Crippen molar-refractivity contribution in [2.75, 3.05) is 6.61 Å². The van der Waals surface area contributed by atoms with Gasteiger partial charge in [0.1, 0.15) is 5.75 Å². The number of hydrogen-bond donors (Lipinski definition) is 2. The Bertz CT molecular complexity index is 418. The maximum absolute atomic E-state index is 11.8. The molecule has 1 rings (SSSR count). The Morgan fingerprint density at radius 2 is 1.89 bits per heavy atom. The average molecular weight is 250 g/mol. The highest BCUT2D eigenvalue weighted by molar-refractivity contribution is 5.97. The predicted molar refractivity (Wildman–Crippen MR) is 68.1 cm³/mol. The molecule has 98 valence electrons. The topological polar surface area (TPSA) is 67.4 Å². The van der Waals surface area contributed by atoms with Crippen LogP contribution in [-0.2, 0) is 4.79 Å². The summed E-state index contributed by atoms with van der Waals surface area (Å²) in [4.78, 5) is 22.9. The van der Waals surface area contributed by atoms with Gasteiger partial charge in [-0.3, -0.25) is 20.4 Å². The van der Waals surface area contributed by atoms with Crippen LogP contribution < -0.4 is 15.6 Å².